The molecule has 1 heterocycles. The standard InChI is InChI=1S/C26H41FN2O4/c1-19-14-22(6-7-23(19)27)33-18-26(32)16-28(12-13-29(17-26)20(2)30)15-25(31)10-8-21(9-11-25)24(3,4)5/h6-7,14,21,31-32H,8-13,15-18H2,1-5H3/t21?,25?,26-/m0/s1. The van der Waals surface area contributed by atoms with Crippen LogP contribution < -0.4 is 4.74 Å². The van der Waals surface area contributed by atoms with E-state index in [2.05, 4.69) is 25.7 Å². The SMILES string of the molecule is CC(=O)N1CCN(CC2(O)CCC(C(C)(C)C)CC2)C[C@@](O)(COc2ccc(F)c(C)c2)C1. The number of aryl methyl sites for hydroxylation is 1. The van der Waals surface area contributed by atoms with Gasteiger partial charge in [-0.2, -0.15) is 0 Å². The number of ether oxygens (including phenoxy) is 1. The van der Waals surface area contributed by atoms with Gasteiger partial charge in [0.15, 0.2) is 0 Å². The molecule has 3 rings (SSSR count). The number of hydrogen-bond donors (Lipinski definition) is 2. The van der Waals surface area contributed by atoms with E-state index in [1.807, 2.05) is 0 Å². The minimum atomic E-state index is -1.30. The minimum absolute atomic E-state index is 0.0249. The molecule has 6 nitrogen and oxygen atoms in total. The van der Waals surface area contributed by atoms with Gasteiger partial charge in [-0.25, -0.2) is 4.39 Å². The van der Waals surface area contributed by atoms with Crippen molar-refractivity contribution >= 4 is 5.91 Å². The Morgan fingerprint density at radius 2 is 1.82 bits per heavy atom. The second kappa shape index (κ2) is 9.88. The highest BCUT2D eigenvalue weighted by Crippen LogP contribution is 2.41. The number of hydrogen-bond acceptors (Lipinski definition) is 5. The van der Waals surface area contributed by atoms with Gasteiger partial charge in [0.1, 0.15) is 23.8 Å². The molecule has 0 radical (unpaired) electrons. The molecule has 1 atom stereocenters. The van der Waals surface area contributed by atoms with E-state index in [1.54, 1.807) is 24.0 Å². The first-order valence-electron chi connectivity index (χ1n) is 12.1. The average molecular weight is 465 g/mol. The van der Waals surface area contributed by atoms with Gasteiger partial charge in [0.05, 0.1) is 12.1 Å². The Bertz CT molecular complexity index is 832. The highest BCUT2D eigenvalue weighted by Gasteiger charge is 2.42. The lowest BCUT2D eigenvalue weighted by Crippen LogP contribution is -2.54. The van der Waals surface area contributed by atoms with Crippen LogP contribution in [-0.4, -0.2) is 76.5 Å². The third kappa shape index (κ3) is 6.90. The zero-order valence-electron chi connectivity index (χ0n) is 20.9. The fraction of sp³-hybridized carbons (Fsp3) is 0.731. The molecule has 1 saturated heterocycles. The summed E-state index contributed by atoms with van der Waals surface area (Å²) < 4.78 is 19.4. The van der Waals surface area contributed by atoms with Gasteiger partial charge in [0.2, 0.25) is 5.91 Å². The van der Waals surface area contributed by atoms with Gasteiger partial charge in [-0.15, -0.1) is 0 Å². The van der Waals surface area contributed by atoms with Crippen LogP contribution in [0.2, 0.25) is 0 Å². The molecular formula is C26H41FN2O4. The van der Waals surface area contributed by atoms with Crippen LogP contribution in [-0.2, 0) is 4.79 Å². The summed E-state index contributed by atoms with van der Waals surface area (Å²) in [5.41, 5.74) is -1.38. The Morgan fingerprint density at radius 3 is 2.39 bits per heavy atom. The van der Waals surface area contributed by atoms with Crippen molar-refractivity contribution in [1.82, 2.24) is 9.80 Å². The van der Waals surface area contributed by atoms with E-state index in [-0.39, 0.29) is 30.3 Å². The molecule has 2 aliphatic rings. The van der Waals surface area contributed by atoms with Crippen LogP contribution in [0.1, 0.15) is 58.9 Å². The molecule has 2 N–H and O–H groups in total. The van der Waals surface area contributed by atoms with E-state index in [0.717, 1.165) is 25.7 Å². The molecule has 0 aromatic heterocycles. The van der Waals surface area contributed by atoms with E-state index in [4.69, 9.17) is 4.74 Å². The minimum Gasteiger partial charge on any atom is -0.490 e. The molecule has 0 bridgehead atoms. The number of aliphatic hydroxyl groups is 2. The van der Waals surface area contributed by atoms with Gasteiger partial charge in [0, 0.05) is 33.1 Å². The molecule has 186 valence electrons. The Kier molecular flexibility index (Phi) is 7.76. The molecule has 1 aliphatic carbocycles. The predicted octanol–water partition coefficient (Wildman–Crippen LogP) is 3.38. The summed E-state index contributed by atoms with van der Waals surface area (Å²) in [6.45, 7) is 11.9. The van der Waals surface area contributed by atoms with Crippen LogP contribution in [0.3, 0.4) is 0 Å². The Balaban J connectivity index is 1.68. The summed E-state index contributed by atoms with van der Waals surface area (Å²) in [5, 5.41) is 22.8. The van der Waals surface area contributed by atoms with Crippen molar-refractivity contribution in [2.75, 3.05) is 39.3 Å². The van der Waals surface area contributed by atoms with Crippen molar-refractivity contribution < 1.29 is 24.1 Å². The fourth-order valence-corrected chi connectivity index (χ4v) is 5.26. The van der Waals surface area contributed by atoms with Crippen LogP contribution in [0.25, 0.3) is 0 Å². The van der Waals surface area contributed by atoms with Crippen molar-refractivity contribution in [3.8, 4) is 5.75 Å². The van der Waals surface area contributed by atoms with Crippen LogP contribution in [0.15, 0.2) is 18.2 Å². The number of β-amino-alcohol motifs (C(OH)–C–C–N with tert-alkyl or cyclic N) is 2. The third-order valence-corrected chi connectivity index (χ3v) is 7.43. The second-order valence-corrected chi connectivity index (χ2v) is 11.4. The first-order valence-corrected chi connectivity index (χ1v) is 12.1. The topological polar surface area (TPSA) is 73.2 Å². The molecule has 1 saturated carbocycles. The molecule has 0 unspecified atom stereocenters. The normalized spacial score (nSPS) is 29.6. The van der Waals surface area contributed by atoms with Crippen LogP contribution in [0, 0.1) is 24.1 Å². The number of nitrogens with zero attached hydrogens (tertiary/aromatic N) is 2. The maximum Gasteiger partial charge on any atom is 0.219 e. The number of rotatable bonds is 5. The number of halogens is 1. The summed E-state index contributed by atoms with van der Waals surface area (Å²) in [6.07, 6.45) is 3.46. The Hall–Kier alpha value is -1.70. The molecule has 1 amide bonds. The fourth-order valence-electron chi connectivity index (χ4n) is 5.26. The lowest BCUT2D eigenvalue weighted by atomic mass is 9.68. The second-order valence-electron chi connectivity index (χ2n) is 11.4. The van der Waals surface area contributed by atoms with Crippen molar-refractivity contribution in [3.05, 3.63) is 29.6 Å². The van der Waals surface area contributed by atoms with Gasteiger partial charge < -0.3 is 19.8 Å². The first kappa shape index (κ1) is 25.9. The molecule has 0 spiro atoms. The van der Waals surface area contributed by atoms with Gasteiger partial charge in [-0.1, -0.05) is 20.8 Å². The lowest BCUT2D eigenvalue weighted by molar-refractivity contribution is -0.132. The average Bonchev–Trinajstić information content (AvgIpc) is 2.87. The number of carbonyl (C=O) groups excluding carboxylic acids is 1. The maximum absolute atomic E-state index is 13.6. The van der Waals surface area contributed by atoms with Crippen LogP contribution >= 0.6 is 0 Å². The van der Waals surface area contributed by atoms with E-state index in [9.17, 15) is 19.4 Å². The Morgan fingerprint density at radius 1 is 1.15 bits per heavy atom. The smallest absolute Gasteiger partial charge is 0.219 e. The number of amides is 1. The van der Waals surface area contributed by atoms with E-state index in [1.165, 1.54) is 13.0 Å². The number of carbonyl (C=O) groups is 1. The Labute approximate surface area is 197 Å². The molecule has 1 aromatic rings. The van der Waals surface area contributed by atoms with Crippen molar-refractivity contribution in [2.24, 2.45) is 11.3 Å². The van der Waals surface area contributed by atoms with Crippen molar-refractivity contribution in [3.63, 3.8) is 0 Å². The summed E-state index contributed by atoms with van der Waals surface area (Å²) >= 11 is 0. The van der Waals surface area contributed by atoms with Crippen LogP contribution in [0.4, 0.5) is 4.39 Å². The van der Waals surface area contributed by atoms with Gasteiger partial charge >= 0.3 is 0 Å². The van der Waals surface area contributed by atoms with Crippen LogP contribution in [0.5, 0.6) is 5.75 Å². The molecule has 33 heavy (non-hydrogen) atoms. The zero-order valence-corrected chi connectivity index (χ0v) is 20.9. The third-order valence-electron chi connectivity index (χ3n) is 7.43. The van der Waals surface area contributed by atoms with Gasteiger partial charge in [-0.05, 0) is 67.7 Å². The molecular weight excluding hydrogens is 423 g/mol. The van der Waals surface area contributed by atoms with Gasteiger partial charge in [0.25, 0.3) is 0 Å². The first-order chi connectivity index (χ1) is 15.3. The zero-order chi connectivity index (χ0) is 24.4. The largest absolute Gasteiger partial charge is 0.490 e. The van der Waals surface area contributed by atoms with E-state index < -0.39 is 11.2 Å². The summed E-state index contributed by atoms with van der Waals surface area (Å²) in [6, 6.07) is 4.49. The quantitative estimate of drug-likeness (QED) is 0.699. The summed E-state index contributed by atoms with van der Waals surface area (Å²) in [4.78, 5) is 15.9. The van der Waals surface area contributed by atoms with Crippen molar-refractivity contribution in [1.29, 1.82) is 0 Å². The van der Waals surface area contributed by atoms with E-state index in [0.29, 0.717) is 43.4 Å². The maximum atomic E-state index is 13.6. The van der Waals surface area contributed by atoms with Gasteiger partial charge in [-0.3, -0.25) is 9.69 Å². The lowest BCUT2D eigenvalue weighted by Gasteiger charge is -2.43. The summed E-state index contributed by atoms with van der Waals surface area (Å²) in [5.74, 6) is 0.669. The highest BCUT2D eigenvalue weighted by atomic mass is 19.1. The molecule has 1 aliphatic heterocycles. The monoisotopic (exact) mass is 464 g/mol. The molecule has 2 fully saturated rings. The molecule has 7 heteroatoms. The van der Waals surface area contributed by atoms with E-state index >= 15 is 0 Å². The predicted molar refractivity (Wildman–Crippen MR) is 127 cm³/mol. The highest BCUT2D eigenvalue weighted by molar-refractivity contribution is 5.73. The summed E-state index contributed by atoms with van der Waals surface area (Å²) in [7, 11) is 0. The number of benzene rings is 1. The van der Waals surface area contributed by atoms with Crippen molar-refractivity contribution in [2.45, 2.75) is 71.5 Å². The molecule has 1 aromatic carbocycles.